The lowest BCUT2D eigenvalue weighted by atomic mass is 10.1. The number of phenolic OH excluding ortho intramolecular Hbond substituents is 1. The van der Waals surface area contributed by atoms with Gasteiger partial charge in [-0.25, -0.2) is 0 Å². The predicted octanol–water partition coefficient (Wildman–Crippen LogP) is -1.47. The number of H-pyrrole nitrogens is 1. The lowest BCUT2D eigenvalue weighted by Gasteiger charge is -2.21. The number of aliphatic hydroxyl groups is 4. The van der Waals surface area contributed by atoms with Crippen LogP contribution >= 0.6 is 0 Å². The molecule has 4 atom stereocenters. The van der Waals surface area contributed by atoms with Crippen molar-refractivity contribution < 1.29 is 40.2 Å². The normalized spacial score (nSPS) is 17.3. The summed E-state index contributed by atoms with van der Waals surface area (Å²) in [4.78, 5) is 31.3. The van der Waals surface area contributed by atoms with Gasteiger partial charge in [0.15, 0.2) is 5.96 Å². The molecule has 0 aliphatic carbocycles. The number of phenols is 1. The van der Waals surface area contributed by atoms with Crippen LogP contribution < -0.4 is 26.6 Å². The Morgan fingerprint density at radius 3 is 2.61 bits per heavy atom. The number of aliphatic hydroxyl groups excluding tert-OH is 4. The number of carbonyl (C=O) groups excluding carboxylic acids is 1. The number of fused-ring (bicyclic) bond motifs is 1. The first-order valence-corrected chi connectivity index (χ1v) is 12.8. The fourth-order valence-electron chi connectivity index (χ4n) is 4.32. The molecule has 1 aliphatic rings. The van der Waals surface area contributed by atoms with E-state index in [0.29, 0.717) is 34.7 Å². The molecule has 12 N–H and O–H groups in total. The average molecular weight is 572 g/mol. The minimum atomic E-state index is -1.48. The van der Waals surface area contributed by atoms with Gasteiger partial charge in [0.25, 0.3) is 0 Å². The third-order valence-electron chi connectivity index (χ3n) is 6.38. The Hall–Kier alpha value is -4.25. The van der Waals surface area contributed by atoms with Crippen LogP contribution in [0.1, 0.15) is 29.3 Å². The van der Waals surface area contributed by atoms with Crippen molar-refractivity contribution in [2.75, 3.05) is 31.5 Å². The first-order chi connectivity index (χ1) is 19.6. The van der Waals surface area contributed by atoms with Gasteiger partial charge in [-0.15, -0.1) is 0 Å². The minimum Gasteiger partial charge on any atom is -0.508 e. The molecular weight excluding hydrogens is 538 g/mol. The van der Waals surface area contributed by atoms with Crippen LogP contribution in [0.25, 0.3) is 10.9 Å². The van der Waals surface area contributed by atoms with Crippen molar-refractivity contribution in [3.8, 4) is 5.75 Å². The minimum absolute atomic E-state index is 0.153. The van der Waals surface area contributed by atoms with Crippen molar-refractivity contribution in [1.29, 1.82) is 0 Å². The first kappa shape index (κ1) is 29.7. The molecule has 0 fully saturated rings. The number of aliphatic imine (C=N–C) groups is 1. The van der Waals surface area contributed by atoms with Gasteiger partial charge in [-0.05, 0) is 18.2 Å². The summed E-state index contributed by atoms with van der Waals surface area (Å²) in [5, 5.41) is 74.2. The van der Waals surface area contributed by atoms with Crippen LogP contribution in [-0.2, 0) is 16.2 Å². The van der Waals surface area contributed by atoms with Crippen LogP contribution in [0.3, 0.4) is 0 Å². The van der Waals surface area contributed by atoms with Gasteiger partial charge in [0.1, 0.15) is 24.2 Å². The number of rotatable bonds is 12. The Bertz CT molecular complexity index is 1410. The zero-order valence-electron chi connectivity index (χ0n) is 21.8. The number of para-hydroxylation sites is 1. The highest BCUT2D eigenvalue weighted by Gasteiger charge is 2.25. The van der Waals surface area contributed by atoms with E-state index < -0.39 is 43.0 Å². The lowest BCUT2D eigenvalue weighted by Crippen LogP contribution is -2.49. The maximum Gasteiger partial charge on any atom is 0.322 e. The Morgan fingerprint density at radius 1 is 1.12 bits per heavy atom. The molecule has 4 rings (SSSR count). The number of carboxylic acids is 1. The summed E-state index contributed by atoms with van der Waals surface area (Å²) in [7, 11) is 0. The maximum absolute atomic E-state index is 12.4. The number of nitrogens with one attached hydrogen (secondary N) is 6. The van der Waals surface area contributed by atoms with Crippen LogP contribution in [0.2, 0.25) is 0 Å². The Kier molecular flexibility index (Phi) is 9.72. The zero-order chi connectivity index (χ0) is 29.5. The smallest absolute Gasteiger partial charge is 0.322 e. The summed E-state index contributed by atoms with van der Waals surface area (Å²) in [6.45, 7) is -0.642. The topological polar surface area (TPSA) is 244 Å². The highest BCUT2D eigenvalue weighted by atomic mass is 16.4. The number of aromatic nitrogens is 1. The number of anilines is 1. The third-order valence-corrected chi connectivity index (χ3v) is 6.38. The van der Waals surface area contributed by atoms with E-state index in [1.165, 1.54) is 18.2 Å². The number of guanidine groups is 1. The molecule has 15 nitrogen and oxygen atoms in total. The number of aromatic amines is 1. The molecule has 2 heterocycles. The Labute approximate surface area is 233 Å². The van der Waals surface area contributed by atoms with Gasteiger partial charge in [0, 0.05) is 46.9 Å². The second kappa shape index (κ2) is 13.4. The van der Waals surface area contributed by atoms with E-state index in [1.807, 2.05) is 0 Å². The fourth-order valence-corrected chi connectivity index (χ4v) is 4.32. The highest BCUT2D eigenvalue weighted by molar-refractivity contribution is 5.94. The summed E-state index contributed by atoms with van der Waals surface area (Å²) in [5.41, 5.74) is 1.93. The SMILES string of the molecule is O=C(CNC(O)c1cc(O)cc(NC2=NCC(O)CN2)c1)NCC(NC(O)c1[nH]c2ccccc2c1CO)C(=O)O. The first-order valence-electron chi connectivity index (χ1n) is 12.8. The van der Waals surface area contributed by atoms with Crippen LogP contribution in [-0.4, -0.2) is 91.8 Å². The lowest BCUT2D eigenvalue weighted by molar-refractivity contribution is -0.140. The Balaban J connectivity index is 1.30. The van der Waals surface area contributed by atoms with Crippen LogP contribution in [0, 0.1) is 0 Å². The number of carboxylic acid groups (broad SMARTS) is 1. The van der Waals surface area contributed by atoms with Crippen molar-refractivity contribution in [3.63, 3.8) is 0 Å². The molecule has 1 aromatic heterocycles. The van der Waals surface area contributed by atoms with Gasteiger partial charge in [-0.1, -0.05) is 18.2 Å². The van der Waals surface area contributed by atoms with Gasteiger partial charge in [0.05, 0.1) is 31.5 Å². The molecule has 0 radical (unpaired) electrons. The van der Waals surface area contributed by atoms with Crippen molar-refractivity contribution in [3.05, 3.63) is 59.3 Å². The summed E-state index contributed by atoms with van der Waals surface area (Å²) in [5.74, 6) is -1.73. The van der Waals surface area contributed by atoms with Gasteiger partial charge in [-0.3, -0.25) is 25.2 Å². The van der Waals surface area contributed by atoms with Crippen LogP contribution in [0.15, 0.2) is 47.5 Å². The quantitative estimate of drug-likeness (QED) is 0.111. The van der Waals surface area contributed by atoms with E-state index in [9.17, 15) is 40.2 Å². The molecule has 15 heteroatoms. The number of benzene rings is 2. The molecule has 0 bridgehead atoms. The molecule has 0 saturated heterocycles. The molecule has 3 aromatic rings. The summed E-state index contributed by atoms with van der Waals surface area (Å²) >= 11 is 0. The number of nitrogens with zero attached hydrogens (tertiary/aromatic N) is 1. The third kappa shape index (κ3) is 7.69. The number of hydrogen-bond donors (Lipinski definition) is 12. The molecule has 220 valence electrons. The highest BCUT2D eigenvalue weighted by Crippen LogP contribution is 2.26. The molecule has 41 heavy (non-hydrogen) atoms. The van der Waals surface area contributed by atoms with Crippen LogP contribution in [0.5, 0.6) is 5.75 Å². The molecule has 1 aliphatic heterocycles. The largest absolute Gasteiger partial charge is 0.508 e. The van der Waals surface area contributed by atoms with Gasteiger partial charge < -0.3 is 51.6 Å². The number of aromatic hydroxyl groups is 1. The molecule has 4 unspecified atom stereocenters. The molecule has 1 amide bonds. The van der Waals surface area contributed by atoms with E-state index in [1.54, 1.807) is 24.3 Å². The second-order valence-electron chi connectivity index (χ2n) is 9.43. The Morgan fingerprint density at radius 2 is 1.90 bits per heavy atom. The standard InChI is InChI=1S/C26H33N7O8/c34-12-18-17-3-1-2-4-19(17)32-22(18)24(39)33-20(25(40)41)10-27-21(37)11-28-23(38)13-5-14(7-15(35)6-13)31-26-29-8-16(36)9-30-26/h1-7,16,20,23-24,28,32-36,38-39H,8-12H2,(H,27,37)(H,40,41)(H2,29,30,31). The molecule has 0 saturated carbocycles. The van der Waals surface area contributed by atoms with E-state index in [4.69, 9.17) is 0 Å². The fraction of sp³-hybridized carbons (Fsp3) is 0.346. The second-order valence-corrected chi connectivity index (χ2v) is 9.43. The van der Waals surface area contributed by atoms with Crippen molar-refractivity contribution in [2.45, 2.75) is 31.2 Å². The van der Waals surface area contributed by atoms with Gasteiger partial charge in [-0.2, -0.15) is 0 Å². The van der Waals surface area contributed by atoms with E-state index >= 15 is 0 Å². The summed E-state index contributed by atoms with van der Waals surface area (Å²) in [6.07, 6.45) is -3.43. The van der Waals surface area contributed by atoms with Gasteiger partial charge >= 0.3 is 5.97 Å². The number of hydrogen-bond acceptors (Lipinski definition) is 12. The van der Waals surface area contributed by atoms with Crippen molar-refractivity contribution >= 4 is 34.4 Å². The van der Waals surface area contributed by atoms with Crippen molar-refractivity contribution in [2.24, 2.45) is 4.99 Å². The zero-order valence-corrected chi connectivity index (χ0v) is 21.8. The molecular formula is C26H33N7O8. The number of carbonyl (C=O) groups is 2. The van der Waals surface area contributed by atoms with E-state index in [-0.39, 0.29) is 36.7 Å². The number of amides is 1. The molecule has 0 spiro atoms. The van der Waals surface area contributed by atoms with E-state index in [0.717, 1.165) is 0 Å². The number of β-amino-alcohol motifs (C(OH)–C–C–N with tert-alkyl or cyclic N) is 1. The van der Waals surface area contributed by atoms with Crippen molar-refractivity contribution in [1.82, 2.24) is 26.3 Å². The van der Waals surface area contributed by atoms with E-state index in [2.05, 4.69) is 36.6 Å². The number of aliphatic carboxylic acids is 1. The summed E-state index contributed by atoms with van der Waals surface area (Å²) < 4.78 is 0. The average Bonchev–Trinajstić information content (AvgIpc) is 3.33. The van der Waals surface area contributed by atoms with Crippen LogP contribution in [0.4, 0.5) is 5.69 Å². The van der Waals surface area contributed by atoms with Gasteiger partial charge in [0.2, 0.25) is 5.91 Å². The summed E-state index contributed by atoms with van der Waals surface area (Å²) in [6, 6.07) is 9.92. The molecule has 2 aromatic carbocycles. The maximum atomic E-state index is 12.4. The monoisotopic (exact) mass is 571 g/mol. The predicted molar refractivity (Wildman–Crippen MR) is 148 cm³/mol.